The second-order valence-corrected chi connectivity index (χ2v) is 3.38. The molecule has 0 bridgehead atoms. The molecule has 0 aliphatic carbocycles. The van der Waals surface area contributed by atoms with E-state index in [1.54, 1.807) is 6.92 Å². The van der Waals surface area contributed by atoms with Crippen LogP contribution in [-0.2, 0) is 14.3 Å². The van der Waals surface area contributed by atoms with Crippen molar-refractivity contribution < 1.29 is 24.2 Å². The summed E-state index contributed by atoms with van der Waals surface area (Å²) in [5.74, 6) is -2.04. The molecule has 0 rings (SSSR count). The molecule has 0 aromatic heterocycles. The van der Waals surface area contributed by atoms with Crippen LogP contribution in [-0.4, -0.2) is 54.7 Å². The zero-order chi connectivity index (χ0) is 13.4. The maximum Gasteiger partial charge on any atom is 0.328 e. The third-order valence-corrected chi connectivity index (χ3v) is 2.00. The van der Waals surface area contributed by atoms with Crippen molar-refractivity contribution in [2.24, 2.45) is 0 Å². The van der Waals surface area contributed by atoms with Crippen LogP contribution < -0.4 is 5.32 Å². The average molecular weight is 244 g/mol. The van der Waals surface area contributed by atoms with E-state index in [4.69, 9.17) is 9.84 Å². The maximum atomic E-state index is 11.5. The predicted molar refractivity (Wildman–Crippen MR) is 59.4 cm³/mol. The summed E-state index contributed by atoms with van der Waals surface area (Å²) < 4.78 is 4.86. The summed E-state index contributed by atoms with van der Waals surface area (Å²) in [5.41, 5.74) is 0. The van der Waals surface area contributed by atoms with Gasteiger partial charge in [0.15, 0.2) is 0 Å². The third-order valence-electron chi connectivity index (χ3n) is 2.00. The van der Waals surface area contributed by atoms with Gasteiger partial charge in [-0.3, -0.25) is 10.1 Å². The minimum atomic E-state index is -1.26. The molecule has 0 aromatic rings. The number of carbonyl (C=O) groups is 3. The van der Waals surface area contributed by atoms with Crippen molar-refractivity contribution in [2.45, 2.75) is 13.0 Å². The fourth-order valence-electron chi connectivity index (χ4n) is 0.935. The van der Waals surface area contributed by atoms with E-state index in [9.17, 15) is 14.4 Å². The van der Waals surface area contributed by atoms with Crippen LogP contribution in [0.15, 0.2) is 12.2 Å². The smallest absolute Gasteiger partial charge is 0.328 e. The van der Waals surface area contributed by atoms with Crippen molar-refractivity contribution in [3.8, 4) is 0 Å². The number of hydrogen-bond donors (Lipinski definition) is 2. The number of urea groups is 1. The number of carboxylic acid groups (broad SMARTS) is 1. The van der Waals surface area contributed by atoms with Crippen LogP contribution in [0.4, 0.5) is 4.79 Å². The fourth-order valence-corrected chi connectivity index (χ4v) is 0.935. The highest BCUT2D eigenvalue weighted by Gasteiger charge is 2.16. The zero-order valence-electron chi connectivity index (χ0n) is 9.97. The van der Waals surface area contributed by atoms with Gasteiger partial charge in [0.05, 0.1) is 12.6 Å². The SMILES string of the molecule is COCC(C)N(C)C(=O)NC(=O)C=CC(=O)O. The summed E-state index contributed by atoms with van der Waals surface area (Å²) in [7, 11) is 3.01. The number of likely N-dealkylation sites (N-methyl/N-ethyl adjacent to an activating group) is 1. The van der Waals surface area contributed by atoms with Crippen LogP contribution in [0.2, 0.25) is 0 Å². The summed E-state index contributed by atoms with van der Waals surface area (Å²) in [6, 6.07) is -0.814. The molecule has 2 N–H and O–H groups in total. The molecule has 7 nitrogen and oxygen atoms in total. The van der Waals surface area contributed by atoms with Gasteiger partial charge < -0.3 is 14.7 Å². The Morgan fingerprint density at radius 2 is 2.00 bits per heavy atom. The Labute approximate surface area is 99.0 Å². The Morgan fingerprint density at radius 3 is 2.47 bits per heavy atom. The molecule has 96 valence electrons. The number of rotatable bonds is 5. The summed E-state index contributed by atoms with van der Waals surface area (Å²) in [6.45, 7) is 2.09. The molecule has 1 unspecified atom stereocenters. The van der Waals surface area contributed by atoms with Crippen molar-refractivity contribution in [3.63, 3.8) is 0 Å². The van der Waals surface area contributed by atoms with Crippen molar-refractivity contribution in [3.05, 3.63) is 12.2 Å². The molecule has 0 saturated heterocycles. The molecular weight excluding hydrogens is 228 g/mol. The lowest BCUT2D eigenvalue weighted by molar-refractivity contribution is -0.131. The van der Waals surface area contributed by atoms with Crippen molar-refractivity contribution >= 4 is 17.9 Å². The van der Waals surface area contributed by atoms with Gasteiger partial charge in [0.1, 0.15) is 0 Å². The second-order valence-electron chi connectivity index (χ2n) is 3.38. The van der Waals surface area contributed by atoms with E-state index in [1.165, 1.54) is 19.1 Å². The van der Waals surface area contributed by atoms with E-state index in [2.05, 4.69) is 0 Å². The van der Waals surface area contributed by atoms with E-state index in [-0.39, 0.29) is 6.04 Å². The Hall–Kier alpha value is -1.89. The highest BCUT2D eigenvalue weighted by molar-refractivity contribution is 6.02. The number of imide groups is 1. The van der Waals surface area contributed by atoms with Crippen LogP contribution in [0.1, 0.15) is 6.92 Å². The van der Waals surface area contributed by atoms with Gasteiger partial charge in [-0.15, -0.1) is 0 Å². The number of carbonyl (C=O) groups excluding carboxylic acids is 2. The Balaban J connectivity index is 4.25. The van der Waals surface area contributed by atoms with E-state index in [0.717, 1.165) is 6.08 Å². The molecule has 7 heteroatoms. The van der Waals surface area contributed by atoms with Crippen LogP contribution >= 0.6 is 0 Å². The van der Waals surface area contributed by atoms with Gasteiger partial charge in [-0.25, -0.2) is 9.59 Å². The first kappa shape index (κ1) is 15.1. The number of nitrogens with one attached hydrogen (secondary N) is 1. The van der Waals surface area contributed by atoms with Gasteiger partial charge in [0.2, 0.25) is 0 Å². The summed E-state index contributed by atoms with van der Waals surface area (Å²) >= 11 is 0. The van der Waals surface area contributed by atoms with E-state index in [1.807, 2.05) is 5.32 Å². The third kappa shape index (κ3) is 6.31. The van der Waals surface area contributed by atoms with Gasteiger partial charge >= 0.3 is 12.0 Å². The van der Waals surface area contributed by atoms with Crippen LogP contribution in [0.5, 0.6) is 0 Å². The average Bonchev–Trinajstić information content (AvgIpc) is 2.25. The molecule has 0 radical (unpaired) electrons. The van der Waals surface area contributed by atoms with E-state index in [0.29, 0.717) is 12.7 Å². The molecule has 0 heterocycles. The zero-order valence-corrected chi connectivity index (χ0v) is 9.97. The number of hydrogen-bond acceptors (Lipinski definition) is 4. The molecule has 17 heavy (non-hydrogen) atoms. The summed E-state index contributed by atoms with van der Waals surface area (Å²) in [5, 5.41) is 10.3. The lowest BCUT2D eigenvalue weighted by Crippen LogP contribution is -2.45. The number of ether oxygens (including phenoxy) is 1. The topological polar surface area (TPSA) is 95.9 Å². The summed E-state index contributed by atoms with van der Waals surface area (Å²) in [6.07, 6.45) is 1.43. The van der Waals surface area contributed by atoms with Crippen LogP contribution in [0.3, 0.4) is 0 Å². The summed E-state index contributed by atoms with van der Waals surface area (Å²) in [4.78, 5) is 34.0. The van der Waals surface area contributed by atoms with Crippen LogP contribution in [0.25, 0.3) is 0 Å². The van der Waals surface area contributed by atoms with Crippen molar-refractivity contribution in [1.29, 1.82) is 0 Å². The molecule has 1 atom stereocenters. The largest absolute Gasteiger partial charge is 0.478 e. The van der Waals surface area contributed by atoms with Gasteiger partial charge in [-0.05, 0) is 6.92 Å². The van der Waals surface area contributed by atoms with E-state index < -0.39 is 17.9 Å². The fraction of sp³-hybridized carbons (Fsp3) is 0.500. The molecule has 0 aromatic carbocycles. The first-order chi connectivity index (χ1) is 7.88. The van der Waals surface area contributed by atoms with Crippen LogP contribution in [0, 0.1) is 0 Å². The number of nitrogens with zero attached hydrogens (tertiary/aromatic N) is 1. The normalized spacial score (nSPS) is 12.2. The van der Waals surface area contributed by atoms with Crippen molar-refractivity contribution in [1.82, 2.24) is 10.2 Å². The molecule has 3 amide bonds. The van der Waals surface area contributed by atoms with Crippen molar-refractivity contribution in [2.75, 3.05) is 20.8 Å². The Morgan fingerprint density at radius 1 is 1.41 bits per heavy atom. The monoisotopic (exact) mass is 244 g/mol. The maximum absolute atomic E-state index is 11.5. The second kappa shape index (κ2) is 7.39. The molecule has 0 aliphatic heterocycles. The standard InChI is InChI=1S/C10H16N2O5/c1-7(6-17-3)12(2)10(16)11-8(13)4-5-9(14)15/h4-5,7H,6H2,1-3H3,(H,14,15)(H,11,13,16). The quantitative estimate of drug-likeness (QED) is 0.654. The first-order valence-electron chi connectivity index (χ1n) is 4.86. The first-order valence-corrected chi connectivity index (χ1v) is 4.86. The number of amides is 3. The highest BCUT2D eigenvalue weighted by Crippen LogP contribution is 1.96. The molecule has 0 saturated carbocycles. The van der Waals surface area contributed by atoms with Gasteiger partial charge in [0.25, 0.3) is 5.91 Å². The number of aliphatic carboxylic acids is 1. The minimum Gasteiger partial charge on any atom is -0.478 e. The van der Waals surface area contributed by atoms with Gasteiger partial charge in [-0.1, -0.05) is 0 Å². The number of carboxylic acids is 1. The molecule has 0 aliphatic rings. The van der Waals surface area contributed by atoms with E-state index >= 15 is 0 Å². The Bertz CT molecular complexity index is 327. The minimum absolute atomic E-state index is 0.198. The van der Waals surface area contributed by atoms with Gasteiger partial charge in [-0.2, -0.15) is 0 Å². The highest BCUT2D eigenvalue weighted by atomic mass is 16.5. The van der Waals surface area contributed by atoms with Gasteiger partial charge in [0, 0.05) is 26.3 Å². The lowest BCUT2D eigenvalue weighted by Gasteiger charge is -2.23. The Kier molecular flexibility index (Phi) is 6.57. The molecule has 0 spiro atoms. The predicted octanol–water partition coefficient (Wildman–Crippen LogP) is -0.170. The lowest BCUT2D eigenvalue weighted by atomic mass is 10.3. The number of methoxy groups -OCH3 is 1. The molecular formula is C10H16N2O5. The molecule has 0 fully saturated rings.